The predicted octanol–water partition coefficient (Wildman–Crippen LogP) is 2.87. The van der Waals surface area contributed by atoms with Gasteiger partial charge in [-0.1, -0.05) is 31.3 Å². The van der Waals surface area contributed by atoms with Crippen LogP contribution in [-0.4, -0.2) is 20.4 Å². The third-order valence-corrected chi connectivity index (χ3v) is 4.04. The van der Waals surface area contributed by atoms with Crippen molar-refractivity contribution in [1.29, 1.82) is 0 Å². The second-order valence-corrected chi connectivity index (χ2v) is 5.89. The zero-order valence-corrected chi connectivity index (χ0v) is 14.1. The maximum Gasteiger partial charge on any atom is 0.244 e. The van der Waals surface area contributed by atoms with E-state index in [2.05, 4.69) is 10.3 Å². The standard InChI is InChI=1S/C18H18N4OS/c1-2-16-21-14-5-3-4-6-15(14)22(16)11-17(23)20-13-9-7-12(8-10-13)18(19)24/h3-10H,2,11H2,1H3,(H2,19,24)(H,20,23). The van der Waals surface area contributed by atoms with E-state index in [9.17, 15) is 4.79 Å². The molecule has 0 aliphatic carbocycles. The van der Waals surface area contributed by atoms with Gasteiger partial charge < -0.3 is 15.6 Å². The van der Waals surface area contributed by atoms with E-state index in [1.165, 1.54) is 0 Å². The number of rotatable bonds is 5. The van der Waals surface area contributed by atoms with Crippen LogP contribution in [0.4, 0.5) is 5.69 Å². The number of fused-ring (bicyclic) bond motifs is 1. The Kier molecular flexibility index (Phi) is 4.57. The molecule has 0 unspecified atom stereocenters. The van der Waals surface area contributed by atoms with Crippen LogP contribution in [0.25, 0.3) is 11.0 Å². The Morgan fingerprint density at radius 1 is 1.21 bits per heavy atom. The highest BCUT2D eigenvalue weighted by atomic mass is 32.1. The zero-order valence-electron chi connectivity index (χ0n) is 13.3. The number of aromatic nitrogens is 2. The number of aryl methyl sites for hydroxylation is 1. The van der Waals surface area contributed by atoms with E-state index in [1.807, 2.05) is 35.8 Å². The van der Waals surface area contributed by atoms with Gasteiger partial charge in [-0.3, -0.25) is 4.79 Å². The molecule has 1 amide bonds. The fourth-order valence-corrected chi connectivity index (χ4v) is 2.77. The third kappa shape index (κ3) is 3.28. The first-order valence-electron chi connectivity index (χ1n) is 7.72. The molecule has 0 spiro atoms. The van der Waals surface area contributed by atoms with E-state index >= 15 is 0 Å². The Bertz CT molecular complexity index is 899. The van der Waals surface area contributed by atoms with Gasteiger partial charge in [0.2, 0.25) is 5.91 Å². The number of carbonyl (C=O) groups is 1. The third-order valence-electron chi connectivity index (χ3n) is 3.80. The van der Waals surface area contributed by atoms with Crippen LogP contribution in [0.5, 0.6) is 0 Å². The van der Waals surface area contributed by atoms with Crippen molar-refractivity contribution < 1.29 is 4.79 Å². The van der Waals surface area contributed by atoms with Crippen LogP contribution in [0.3, 0.4) is 0 Å². The predicted molar refractivity (Wildman–Crippen MR) is 100 cm³/mol. The van der Waals surface area contributed by atoms with E-state index in [1.54, 1.807) is 24.3 Å². The fraction of sp³-hybridized carbons (Fsp3) is 0.167. The molecule has 0 aliphatic heterocycles. The lowest BCUT2D eigenvalue weighted by atomic mass is 10.2. The van der Waals surface area contributed by atoms with Gasteiger partial charge in [-0.2, -0.15) is 0 Å². The number of nitrogens with one attached hydrogen (secondary N) is 1. The normalized spacial score (nSPS) is 10.7. The summed E-state index contributed by atoms with van der Waals surface area (Å²) in [5.74, 6) is 0.797. The van der Waals surface area contributed by atoms with E-state index in [-0.39, 0.29) is 12.5 Å². The summed E-state index contributed by atoms with van der Waals surface area (Å²) in [6, 6.07) is 15.0. The van der Waals surface area contributed by atoms with Gasteiger partial charge in [0.25, 0.3) is 0 Å². The number of imidazole rings is 1. The van der Waals surface area contributed by atoms with Gasteiger partial charge in [0.15, 0.2) is 0 Å². The number of benzene rings is 2. The molecule has 24 heavy (non-hydrogen) atoms. The molecule has 3 rings (SSSR count). The lowest BCUT2D eigenvalue weighted by Gasteiger charge is -2.09. The smallest absolute Gasteiger partial charge is 0.244 e. The zero-order chi connectivity index (χ0) is 17.1. The first kappa shape index (κ1) is 16.1. The van der Waals surface area contributed by atoms with Crippen LogP contribution in [0.15, 0.2) is 48.5 Å². The molecule has 1 aromatic heterocycles. The summed E-state index contributed by atoms with van der Waals surface area (Å²) in [6.07, 6.45) is 0.768. The lowest BCUT2D eigenvalue weighted by molar-refractivity contribution is -0.116. The number of thiocarbonyl (C=S) groups is 1. The number of anilines is 1. The largest absolute Gasteiger partial charge is 0.389 e. The molecule has 6 heteroatoms. The van der Waals surface area contributed by atoms with Crippen molar-refractivity contribution in [2.75, 3.05) is 5.32 Å². The molecule has 0 radical (unpaired) electrons. The number of hydrogen-bond acceptors (Lipinski definition) is 3. The Morgan fingerprint density at radius 3 is 2.58 bits per heavy atom. The monoisotopic (exact) mass is 338 g/mol. The number of para-hydroxylation sites is 2. The van der Waals surface area contributed by atoms with Gasteiger partial charge in [-0.25, -0.2) is 4.98 Å². The molecular weight excluding hydrogens is 320 g/mol. The van der Waals surface area contributed by atoms with Crippen LogP contribution < -0.4 is 11.1 Å². The highest BCUT2D eigenvalue weighted by Gasteiger charge is 2.12. The highest BCUT2D eigenvalue weighted by Crippen LogP contribution is 2.17. The SMILES string of the molecule is CCc1nc2ccccc2n1CC(=O)Nc1ccc(C(N)=S)cc1. The second-order valence-electron chi connectivity index (χ2n) is 5.45. The van der Waals surface area contributed by atoms with Gasteiger partial charge >= 0.3 is 0 Å². The maximum absolute atomic E-state index is 12.4. The number of amides is 1. The van der Waals surface area contributed by atoms with Gasteiger partial charge in [-0.05, 0) is 36.4 Å². The van der Waals surface area contributed by atoms with Crippen molar-refractivity contribution >= 4 is 39.8 Å². The molecule has 0 aliphatic rings. The molecule has 1 heterocycles. The summed E-state index contributed by atoms with van der Waals surface area (Å²) >= 11 is 4.92. The Labute approximate surface area is 145 Å². The van der Waals surface area contributed by atoms with Crippen LogP contribution in [0, 0.1) is 0 Å². The molecule has 0 saturated heterocycles. The maximum atomic E-state index is 12.4. The van der Waals surface area contributed by atoms with Crippen LogP contribution in [0.2, 0.25) is 0 Å². The van der Waals surface area contributed by atoms with E-state index in [0.717, 1.165) is 28.8 Å². The Balaban J connectivity index is 1.78. The molecule has 122 valence electrons. The molecule has 3 N–H and O–H groups in total. The number of nitrogens with zero attached hydrogens (tertiary/aromatic N) is 2. The van der Waals surface area contributed by atoms with Gasteiger partial charge in [0, 0.05) is 17.7 Å². The minimum absolute atomic E-state index is 0.101. The van der Waals surface area contributed by atoms with Gasteiger partial charge in [-0.15, -0.1) is 0 Å². The topological polar surface area (TPSA) is 72.9 Å². The second kappa shape index (κ2) is 6.80. The van der Waals surface area contributed by atoms with Gasteiger partial charge in [0.05, 0.1) is 11.0 Å². The molecule has 0 saturated carbocycles. The van der Waals surface area contributed by atoms with Crippen LogP contribution in [-0.2, 0) is 17.8 Å². The summed E-state index contributed by atoms with van der Waals surface area (Å²) in [5, 5.41) is 2.89. The van der Waals surface area contributed by atoms with E-state index in [4.69, 9.17) is 18.0 Å². The van der Waals surface area contributed by atoms with E-state index < -0.39 is 0 Å². The minimum atomic E-state index is -0.101. The van der Waals surface area contributed by atoms with Crippen LogP contribution in [0.1, 0.15) is 18.3 Å². The van der Waals surface area contributed by atoms with Crippen molar-refractivity contribution in [3.8, 4) is 0 Å². The minimum Gasteiger partial charge on any atom is -0.389 e. The molecule has 0 fully saturated rings. The van der Waals surface area contributed by atoms with Crippen molar-refractivity contribution in [3.63, 3.8) is 0 Å². The van der Waals surface area contributed by atoms with Crippen molar-refractivity contribution in [2.24, 2.45) is 5.73 Å². The van der Waals surface area contributed by atoms with Crippen molar-refractivity contribution in [3.05, 3.63) is 59.9 Å². The van der Waals surface area contributed by atoms with E-state index in [0.29, 0.717) is 10.7 Å². The average Bonchev–Trinajstić information content (AvgIpc) is 2.93. The molecule has 2 aromatic carbocycles. The molecule has 5 nitrogen and oxygen atoms in total. The Hall–Kier alpha value is -2.73. The number of hydrogen-bond donors (Lipinski definition) is 2. The fourth-order valence-electron chi connectivity index (χ4n) is 2.63. The Morgan fingerprint density at radius 2 is 1.92 bits per heavy atom. The molecule has 0 atom stereocenters. The van der Waals surface area contributed by atoms with Gasteiger partial charge in [0.1, 0.15) is 17.4 Å². The molecule has 3 aromatic rings. The summed E-state index contributed by atoms with van der Waals surface area (Å²) in [7, 11) is 0. The van der Waals surface area contributed by atoms with Crippen molar-refractivity contribution in [2.45, 2.75) is 19.9 Å². The average molecular weight is 338 g/mol. The summed E-state index contributed by atoms with van der Waals surface area (Å²) < 4.78 is 1.95. The summed E-state index contributed by atoms with van der Waals surface area (Å²) in [6.45, 7) is 2.25. The van der Waals surface area contributed by atoms with Crippen LogP contribution >= 0.6 is 12.2 Å². The number of nitrogens with two attached hydrogens (primary N) is 1. The lowest BCUT2D eigenvalue weighted by Crippen LogP contribution is -2.20. The molecular formula is C18H18N4OS. The molecule has 0 bridgehead atoms. The first-order valence-corrected chi connectivity index (χ1v) is 8.13. The first-order chi connectivity index (χ1) is 11.6. The highest BCUT2D eigenvalue weighted by molar-refractivity contribution is 7.80. The summed E-state index contributed by atoms with van der Waals surface area (Å²) in [4.78, 5) is 17.3. The van der Waals surface area contributed by atoms with Crippen molar-refractivity contribution in [1.82, 2.24) is 9.55 Å². The summed E-state index contributed by atoms with van der Waals surface area (Å²) in [5.41, 5.74) is 8.93. The quantitative estimate of drug-likeness (QED) is 0.702. The number of carbonyl (C=O) groups excluding carboxylic acids is 1.